The normalized spacial score (nSPS) is 12.6. The van der Waals surface area contributed by atoms with E-state index >= 15 is 19.2 Å². The van der Waals surface area contributed by atoms with Gasteiger partial charge in [0.1, 0.15) is 46.0 Å². The quantitative estimate of drug-likeness (QED) is 0.0375. The van der Waals surface area contributed by atoms with Crippen molar-refractivity contribution in [1.82, 2.24) is 0 Å². The van der Waals surface area contributed by atoms with Gasteiger partial charge in [0.25, 0.3) is 23.6 Å². The molecular formula is C120H90N2O8. The number of benzene rings is 19. The molecule has 628 valence electrons. The third-order valence-electron chi connectivity index (χ3n) is 25.6. The van der Waals surface area contributed by atoms with Crippen molar-refractivity contribution in [1.29, 1.82) is 0 Å². The van der Waals surface area contributed by atoms with E-state index in [0.29, 0.717) is 77.5 Å². The van der Waals surface area contributed by atoms with Gasteiger partial charge in [-0.2, -0.15) is 0 Å². The van der Waals surface area contributed by atoms with E-state index in [0.717, 1.165) is 111 Å². The molecule has 0 radical (unpaired) electrons. The van der Waals surface area contributed by atoms with E-state index in [-0.39, 0.29) is 68.9 Å². The molecule has 4 amide bonds. The minimum atomic E-state index is -0.589. The smallest absolute Gasteiger partial charge is 0.266 e. The zero-order chi connectivity index (χ0) is 88.7. The third kappa shape index (κ3) is 14.2. The zero-order valence-electron chi connectivity index (χ0n) is 73.3. The lowest BCUT2D eigenvalue weighted by Crippen LogP contribution is -2.42. The first kappa shape index (κ1) is 81.0. The molecule has 130 heavy (non-hydrogen) atoms. The van der Waals surface area contributed by atoms with Crippen molar-refractivity contribution in [3.63, 3.8) is 0 Å². The van der Waals surface area contributed by atoms with Crippen LogP contribution in [0.2, 0.25) is 0 Å². The van der Waals surface area contributed by atoms with E-state index in [1.54, 1.807) is 24.3 Å². The first-order chi connectivity index (χ1) is 63.5. The maximum atomic E-state index is 17.5. The Kier molecular flexibility index (Phi) is 20.8. The summed E-state index contributed by atoms with van der Waals surface area (Å²) in [4.78, 5) is 73.0. The maximum absolute atomic E-state index is 17.5. The Hall–Kier alpha value is -16.0. The molecular weight excluding hydrogens is 1600 g/mol. The van der Waals surface area contributed by atoms with Crippen LogP contribution in [0.15, 0.2) is 376 Å². The van der Waals surface area contributed by atoms with Crippen molar-refractivity contribution in [3.05, 3.63) is 421 Å². The summed E-state index contributed by atoms with van der Waals surface area (Å²) in [6.45, 7) is 16.7. The summed E-state index contributed by atoms with van der Waals surface area (Å²) in [6.07, 6.45) is 0. The highest BCUT2D eigenvalue weighted by Gasteiger charge is 2.45. The summed E-state index contributed by atoms with van der Waals surface area (Å²) >= 11 is 0. The molecule has 0 aromatic heterocycles. The molecule has 2 heterocycles. The highest BCUT2D eigenvalue weighted by atomic mass is 16.5. The lowest BCUT2D eigenvalue weighted by atomic mass is 9.80. The summed E-state index contributed by atoms with van der Waals surface area (Å²) in [7, 11) is 0. The number of para-hydroxylation sites is 2. The first-order valence-corrected chi connectivity index (χ1v) is 44.6. The van der Waals surface area contributed by atoms with Crippen molar-refractivity contribution >= 4 is 78.1 Å². The molecule has 2 aliphatic heterocycles. The van der Waals surface area contributed by atoms with Gasteiger partial charge in [0.15, 0.2) is 0 Å². The Balaban J connectivity index is 0.985. The van der Waals surface area contributed by atoms with Crippen LogP contribution in [0.5, 0.6) is 46.0 Å². The average Bonchev–Trinajstić information content (AvgIpc) is 0.667. The number of hydrogen-bond acceptors (Lipinski definition) is 8. The van der Waals surface area contributed by atoms with Crippen LogP contribution in [0.1, 0.15) is 143 Å². The number of imide groups is 2. The maximum Gasteiger partial charge on any atom is 0.266 e. The molecule has 0 saturated carbocycles. The van der Waals surface area contributed by atoms with Crippen LogP contribution in [0.4, 0.5) is 11.4 Å². The second kappa shape index (κ2) is 33.4. The van der Waals surface area contributed by atoms with Crippen molar-refractivity contribution in [2.24, 2.45) is 0 Å². The number of amides is 4. The summed E-state index contributed by atoms with van der Waals surface area (Å²) in [5, 5.41) is 2.77. The van der Waals surface area contributed by atoms with E-state index in [9.17, 15) is 0 Å². The van der Waals surface area contributed by atoms with Gasteiger partial charge in [-0.1, -0.05) is 359 Å². The Bertz CT molecular complexity index is 6810. The number of carbonyl (C=O) groups is 4. The number of fused-ring (bicyclic) bond motifs is 2. The van der Waals surface area contributed by atoms with E-state index in [1.807, 2.05) is 231 Å². The highest BCUT2D eigenvalue weighted by Crippen LogP contribution is 2.61. The molecule has 0 fully saturated rings. The number of hydrogen-bond donors (Lipinski definition) is 0. The van der Waals surface area contributed by atoms with Gasteiger partial charge in [0.05, 0.1) is 33.6 Å². The van der Waals surface area contributed by atoms with Gasteiger partial charge in [0, 0.05) is 65.3 Å². The second-order valence-corrected chi connectivity index (χ2v) is 34.9. The minimum Gasteiger partial charge on any atom is -0.456 e. The van der Waals surface area contributed by atoms with Gasteiger partial charge in [-0.05, 0) is 185 Å². The lowest BCUT2D eigenvalue weighted by Gasteiger charge is -2.35. The molecule has 0 spiro atoms. The Labute approximate surface area is 755 Å². The fourth-order valence-electron chi connectivity index (χ4n) is 19.3. The third-order valence-corrected chi connectivity index (χ3v) is 25.6. The number of nitrogens with zero attached hydrogens (tertiary/aromatic N) is 2. The number of rotatable bonds is 22. The van der Waals surface area contributed by atoms with Gasteiger partial charge in [-0.15, -0.1) is 0 Å². The topological polar surface area (TPSA) is 112 Å². The Morgan fingerprint density at radius 2 is 0.362 bits per heavy atom. The zero-order valence-corrected chi connectivity index (χ0v) is 73.3. The molecule has 2 aliphatic rings. The predicted octanol–water partition coefficient (Wildman–Crippen LogP) is 32.3. The standard InChI is InChI=1S/C120H90N2O8/c1-71(2)87-51-33-52-88(72(3)4)115(87)121-117(123)95-67-103(127-99-59-55-83(75-35-17-9-18-36-75)63-91(99)79-43-25-13-26-44-79)109-111-105(129-101-61-57-85(77-39-21-11-22-40-77)65-93(101)81-47-29-15-30-48-81)69-97-108-98(120(126)122(119(97)125)116-89(73(5)6)53-34-54-90(116)74(7)8)70-106(130-102-62-58-86(78-41-23-12-24-42-78)66-94(102)82-49-31-16-32-50-82)112(114(108)111)110-104(68-96(118(121)124)107(95)113(109)110)128-100-60-56-84(76-37-19-10-20-38-76)64-92(100)80-45-27-14-28-46-80/h9-74H,1-8H3. The van der Waals surface area contributed by atoms with Crippen LogP contribution < -0.4 is 28.7 Å². The molecule has 0 saturated heterocycles. The lowest BCUT2D eigenvalue weighted by molar-refractivity contribution is 0.0877. The largest absolute Gasteiger partial charge is 0.456 e. The molecule has 0 atom stereocenters. The van der Waals surface area contributed by atoms with Gasteiger partial charge in [0.2, 0.25) is 0 Å². The summed E-state index contributed by atoms with van der Waals surface area (Å²) in [6, 6.07) is 125. The molecule has 21 rings (SSSR count). The fourth-order valence-corrected chi connectivity index (χ4v) is 19.3. The molecule has 19 aromatic carbocycles. The molecule has 10 heteroatoms. The summed E-state index contributed by atoms with van der Waals surface area (Å²) in [5.74, 6) is -0.654. The van der Waals surface area contributed by atoms with Crippen LogP contribution >= 0.6 is 0 Å². The molecule has 10 nitrogen and oxygen atoms in total. The molecule has 0 aliphatic carbocycles. The van der Waals surface area contributed by atoms with Crippen molar-refractivity contribution < 1.29 is 38.1 Å². The SMILES string of the molecule is CC(C)c1cccc(C(C)C)c1N1C(=O)c2cc(Oc3ccc(-c4ccccc4)cc3-c3ccccc3)c3c4c(Oc5ccc(-c6ccccc6)cc5-c5ccccc5)cc5c6c(cc(Oc7ccc(-c8ccccc8)cc7-c7ccccc7)c(c7c(Oc8ccc(-c9ccccc9)cc8-c8ccccc8)cc(c2c37)C1=O)c64)C(=O)N(c1c(C(C)C)cccc1C(C)C)C5=O. The van der Waals surface area contributed by atoms with E-state index in [2.05, 4.69) is 177 Å². The average molecular weight is 1690 g/mol. The van der Waals surface area contributed by atoms with Crippen molar-refractivity contribution in [2.75, 3.05) is 9.80 Å². The van der Waals surface area contributed by atoms with E-state index < -0.39 is 23.6 Å². The predicted molar refractivity (Wildman–Crippen MR) is 529 cm³/mol. The fraction of sp³-hybridized carbons (Fsp3) is 0.100. The highest BCUT2D eigenvalue weighted by molar-refractivity contribution is 6.48. The first-order valence-electron chi connectivity index (χ1n) is 44.6. The number of anilines is 2. The van der Waals surface area contributed by atoms with Crippen molar-refractivity contribution in [3.8, 4) is 135 Å². The van der Waals surface area contributed by atoms with Gasteiger partial charge < -0.3 is 18.9 Å². The summed E-state index contributed by atoms with van der Waals surface area (Å²) in [5.41, 5.74) is 18.7. The second-order valence-electron chi connectivity index (χ2n) is 34.9. The molecule has 0 bridgehead atoms. The van der Waals surface area contributed by atoms with Crippen LogP contribution in [0.25, 0.3) is 132 Å². The van der Waals surface area contributed by atoms with E-state index in [1.165, 1.54) is 9.80 Å². The Morgan fingerprint density at radius 1 is 0.169 bits per heavy atom. The van der Waals surface area contributed by atoms with E-state index in [4.69, 9.17) is 18.9 Å². The number of carbonyl (C=O) groups excluding carboxylic acids is 4. The van der Waals surface area contributed by atoms with Gasteiger partial charge in [-0.25, -0.2) is 9.80 Å². The molecule has 19 aromatic rings. The molecule has 0 N–H and O–H groups in total. The van der Waals surface area contributed by atoms with Crippen LogP contribution in [-0.4, -0.2) is 23.6 Å². The van der Waals surface area contributed by atoms with Crippen LogP contribution in [-0.2, 0) is 0 Å². The minimum absolute atomic E-state index is 0.152. The van der Waals surface area contributed by atoms with Gasteiger partial charge >= 0.3 is 0 Å². The van der Waals surface area contributed by atoms with Crippen LogP contribution in [0.3, 0.4) is 0 Å². The van der Waals surface area contributed by atoms with Crippen LogP contribution in [0, 0.1) is 0 Å². The monoisotopic (exact) mass is 1690 g/mol. The Morgan fingerprint density at radius 3 is 0.554 bits per heavy atom. The number of ether oxygens (including phenoxy) is 4. The van der Waals surface area contributed by atoms with Crippen molar-refractivity contribution in [2.45, 2.75) is 79.1 Å². The summed E-state index contributed by atoms with van der Waals surface area (Å²) < 4.78 is 32.5. The van der Waals surface area contributed by atoms with Gasteiger partial charge in [-0.3, -0.25) is 19.2 Å². The molecule has 0 unspecified atom stereocenters.